The molecule has 0 aliphatic carbocycles. The standard InChI is InChI=1S/C15H24N2O2/c1-6-19-15(18)14(16-4)10-17(5)13-8-11(2)7-12(3)9-13/h7-9,14,16H,6,10H2,1-5H3. The van der Waals surface area contributed by atoms with Gasteiger partial charge >= 0.3 is 5.97 Å². The fourth-order valence-electron chi connectivity index (χ4n) is 2.08. The molecule has 0 amide bonds. The lowest BCUT2D eigenvalue weighted by Crippen LogP contribution is -2.44. The van der Waals surface area contributed by atoms with Crippen LogP contribution in [0.5, 0.6) is 0 Å². The van der Waals surface area contributed by atoms with Gasteiger partial charge in [0, 0.05) is 19.3 Å². The summed E-state index contributed by atoms with van der Waals surface area (Å²) in [6.45, 7) is 6.96. The topological polar surface area (TPSA) is 41.6 Å². The van der Waals surface area contributed by atoms with Gasteiger partial charge in [0.25, 0.3) is 0 Å². The number of carbonyl (C=O) groups excluding carboxylic acids is 1. The molecule has 0 bridgehead atoms. The Morgan fingerprint density at radius 3 is 2.37 bits per heavy atom. The van der Waals surface area contributed by atoms with Gasteiger partial charge in [0.15, 0.2) is 0 Å². The number of hydrogen-bond acceptors (Lipinski definition) is 4. The number of likely N-dealkylation sites (N-methyl/N-ethyl adjacent to an activating group) is 2. The first-order valence-electron chi connectivity index (χ1n) is 6.61. The van der Waals surface area contributed by atoms with Crippen LogP contribution in [0.3, 0.4) is 0 Å². The van der Waals surface area contributed by atoms with E-state index in [1.165, 1.54) is 11.1 Å². The molecule has 0 aromatic heterocycles. The third-order valence-electron chi connectivity index (χ3n) is 3.02. The molecule has 19 heavy (non-hydrogen) atoms. The number of rotatable bonds is 6. The summed E-state index contributed by atoms with van der Waals surface area (Å²) in [5.41, 5.74) is 3.56. The van der Waals surface area contributed by atoms with Gasteiger partial charge in [0.2, 0.25) is 0 Å². The van der Waals surface area contributed by atoms with Crippen LogP contribution in [0.15, 0.2) is 18.2 Å². The normalized spacial score (nSPS) is 12.1. The second kappa shape index (κ2) is 7.14. The second-order valence-corrected chi connectivity index (χ2v) is 4.82. The van der Waals surface area contributed by atoms with Crippen molar-refractivity contribution in [2.45, 2.75) is 26.8 Å². The van der Waals surface area contributed by atoms with Crippen LogP contribution in [0.25, 0.3) is 0 Å². The number of hydrogen-bond donors (Lipinski definition) is 1. The average molecular weight is 264 g/mol. The summed E-state index contributed by atoms with van der Waals surface area (Å²) in [6.07, 6.45) is 0. The predicted octanol–water partition coefficient (Wildman–Crippen LogP) is 1.89. The SMILES string of the molecule is CCOC(=O)C(CN(C)c1cc(C)cc(C)c1)NC. The van der Waals surface area contributed by atoms with Crippen LogP contribution in [-0.4, -0.2) is 39.3 Å². The Kier molecular flexibility index (Phi) is 5.83. The van der Waals surface area contributed by atoms with Crippen molar-refractivity contribution in [3.8, 4) is 0 Å². The highest BCUT2D eigenvalue weighted by molar-refractivity contribution is 5.76. The van der Waals surface area contributed by atoms with Crippen LogP contribution in [0, 0.1) is 13.8 Å². The Labute approximate surface area is 115 Å². The molecule has 0 aliphatic heterocycles. The predicted molar refractivity (Wildman–Crippen MR) is 78.7 cm³/mol. The van der Waals surface area contributed by atoms with Crippen molar-refractivity contribution in [1.82, 2.24) is 5.32 Å². The number of ether oxygens (including phenoxy) is 1. The van der Waals surface area contributed by atoms with E-state index in [2.05, 4.69) is 42.3 Å². The molecule has 0 saturated heterocycles. The molecule has 106 valence electrons. The number of carbonyl (C=O) groups is 1. The molecule has 1 unspecified atom stereocenters. The van der Waals surface area contributed by atoms with Gasteiger partial charge in [-0.1, -0.05) is 6.07 Å². The van der Waals surface area contributed by atoms with E-state index in [1.807, 2.05) is 14.0 Å². The summed E-state index contributed by atoms with van der Waals surface area (Å²) < 4.78 is 5.05. The Bertz CT molecular complexity index is 412. The summed E-state index contributed by atoms with van der Waals surface area (Å²) in [5.74, 6) is -0.207. The molecule has 1 aromatic carbocycles. The van der Waals surface area contributed by atoms with Crippen molar-refractivity contribution < 1.29 is 9.53 Å². The molecule has 0 aliphatic rings. The van der Waals surface area contributed by atoms with Crippen LogP contribution in [0.2, 0.25) is 0 Å². The lowest BCUT2D eigenvalue weighted by molar-refractivity contribution is -0.145. The summed E-state index contributed by atoms with van der Waals surface area (Å²) in [5, 5.41) is 3.00. The highest BCUT2D eigenvalue weighted by atomic mass is 16.5. The van der Waals surface area contributed by atoms with Crippen LogP contribution >= 0.6 is 0 Å². The van der Waals surface area contributed by atoms with Gasteiger partial charge in [0.05, 0.1) is 6.61 Å². The Morgan fingerprint density at radius 2 is 1.89 bits per heavy atom. The number of anilines is 1. The molecular weight excluding hydrogens is 240 g/mol. The van der Waals surface area contributed by atoms with E-state index in [0.29, 0.717) is 13.2 Å². The van der Waals surface area contributed by atoms with E-state index in [9.17, 15) is 4.79 Å². The third kappa shape index (κ3) is 4.56. The van der Waals surface area contributed by atoms with Gasteiger partial charge in [0.1, 0.15) is 6.04 Å². The Hall–Kier alpha value is -1.55. The van der Waals surface area contributed by atoms with E-state index in [4.69, 9.17) is 4.74 Å². The second-order valence-electron chi connectivity index (χ2n) is 4.82. The number of benzene rings is 1. The molecule has 1 aromatic rings. The molecule has 0 saturated carbocycles. The molecule has 0 radical (unpaired) electrons. The van der Waals surface area contributed by atoms with E-state index in [-0.39, 0.29) is 12.0 Å². The zero-order valence-corrected chi connectivity index (χ0v) is 12.5. The van der Waals surface area contributed by atoms with Crippen LogP contribution in [0.1, 0.15) is 18.1 Å². The van der Waals surface area contributed by atoms with Crippen molar-refractivity contribution in [2.24, 2.45) is 0 Å². The zero-order chi connectivity index (χ0) is 14.4. The fraction of sp³-hybridized carbons (Fsp3) is 0.533. The lowest BCUT2D eigenvalue weighted by atomic mass is 10.1. The molecule has 1 N–H and O–H groups in total. The van der Waals surface area contributed by atoms with Gasteiger partial charge in [-0.25, -0.2) is 0 Å². The van der Waals surface area contributed by atoms with Gasteiger partial charge in [-0.2, -0.15) is 0 Å². The Balaban J connectivity index is 2.76. The summed E-state index contributed by atoms with van der Waals surface area (Å²) in [7, 11) is 3.76. The molecule has 1 rings (SSSR count). The average Bonchev–Trinajstić information content (AvgIpc) is 2.34. The lowest BCUT2D eigenvalue weighted by Gasteiger charge is -2.25. The highest BCUT2D eigenvalue weighted by Crippen LogP contribution is 2.17. The molecule has 0 spiro atoms. The van der Waals surface area contributed by atoms with Crippen molar-refractivity contribution in [2.75, 3.05) is 32.1 Å². The van der Waals surface area contributed by atoms with Crippen LogP contribution in [0.4, 0.5) is 5.69 Å². The van der Waals surface area contributed by atoms with E-state index in [0.717, 1.165) is 5.69 Å². The number of aryl methyl sites for hydroxylation is 2. The van der Waals surface area contributed by atoms with Gasteiger partial charge in [-0.05, 0) is 51.1 Å². The fourth-order valence-corrected chi connectivity index (χ4v) is 2.08. The molecule has 4 heteroatoms. The minimum Gasteiger partial charge on any atom is -0.465 e. The summed E-state index contributed by atoms with van der Waals surface area (Å²) in [4.78, 5) is 13.8. The van der Waals surface area contributed by atoms with Gasteiger partial charge in [-0.3, -0.25) is 4.79 Å². The van der Waals surface area contributed by atoms with Crippen LogP contribution in [-0.2, 0) is 9.53 Å². The summed E-state index contributed by atoms with van der Waals surface area (Å²) in [6, 6.07) is 6.05. The van der Waals surface area contributed by atoms with Crippen molar-refractivity contribution in [1.29, 1.82) is 0 Å². The summed E-state index contributed by atoms with van der Waals surface area (Å²) >= 11 is 0. The van der Waals surface area contributed by atoms with E-state index < -0.39 is 0 Å². The molecular formula is C15H24N2O2. The monoisotopic (exact) mass is 264 g/mol. The van der Waals surface area contributed by atoms with Crippen molar-refractivity contribution in [3.63, 3.8) is 0 Å². The van der Waals surface area contributed by atoms with Crippen molar-refractivity contribution >= 4 is 11.7 Å². The maximum absolute atomic E-state index is 11.8. The van der Waals surface area contributed by atoms with Gasteiger partial charge < -0.3 is 15.0 Å². The van der Waals surface area contributed by atoms with E-state index in [1.54, 1.807) is 7.05 Å². The minimum absolute atomic E-state index is 0.207. The molecule has 1 atom stereocenters. The van der Waals surface area contributed by atoms with Gasteiger partial charge in [-0.15, -0.1) is 0 Å². The van der Waals surface area contributed by atoms with E-state index >= 15 is 0 Å². The zero-order valence-electron chi connectivity index (χ0n) is 12.5. The molecule has 0 fully saturated rings. The first-order valence-corrected chi connectivity index (χ1v) is 6.61. The molecule has 0 heterocycles. The minimum atomic E-state index is -0.314. The molecule has 4 nitrogen and oxygen atoms in total. The third-order valence-corrected chi connectivity index (χ3v) is 3.02. The Morgan fingerprint density at radius 1 is 1.32 bits per heavy atom. The first-order chi connectivity index (χ1) is 8.97. The van der Waals surface area contributed by atoms with Crippen LogP contribution < -0.4 is 10.2 Å². The number of esters is 1. The quantitative estimate of drug-likeness (QED) is 0.797. The highest BCUT2D eigenvalue weighted by Gasteiger charge is 2.19. The number of nitrogens with one attached hydrogen (secondary N) is 1. The largest absolute Gasteiger partial charge is 0.465 e. The maximum Gasteiger partial charge on any atom is 0.324 e. The smallest absolute Gasteiger partial charge is 0.324 e. The van der Waals surface area contributed by atoms with Crippen molar-refractivity contribution in [3.05, 3.63) is 29.3 Å². The maximum atomic E-state index is 11.8. The first kappa shape index (κ1) is 15.5. The number of nitrogens with zero attached hydrogens (tertiary/aromatic N) is 1.